The summed E-state index contributed by atoms with van der Waals surface area (Å²) in [7, 11) is -0.386. The molecule has 0 spiro atoms. The van der Waals surface area contributed by atoms with Gasteiger partial charge in [0.05, 0.1) is 0 Å². The van der Waals surface area contributed by atoms with E-state index in [0.717, 1.165) is 30.2 Å². The predicted molar refractivity (Wildman–Crippen MR) is 120 cm³/mol. The van der Waals surface area contributed by atoms with Crippen LogP contribution in [0.2, 0.25) is 18.1 Å². The third-order valence-electron chi connectivity index (χ3n) is 5.62. The Bertz CT molecular complexity index is 678. The number of Topliss-reactive ketones (excluding diaryl/α,β-unsaturated/α-hetero) is 1. The third-order valence-corrected chi connectivity index (χ3v) is 10.8. The van der Waals surface area contributed by atoms with Crippen LogP contribution in [0, 0.1) is 0 Å². The Morgan fingerprint density at radius 3 is 2.25 bits per heavy atom. The number of benzene rings is 1. The molecule has 0 fully saturated rings. The molecule has 0 aliphatic rings. The van der Waals surface area contributed by atoms with Crippen molar-refractivity contribution in [2.45, 2.75) is 77.9 Å². The summed E-state index contributed by atoms with van der Waals surface area (Å²) >= 11 is 0. The van der Waals surface area contributed by atoms with E-state index >= 15 is 0 Å². The van der Waals surface area contributed by atoms with Gasteiger partial charge in [0.25, 0.3) is 0 Å². The number of ether oxygens (including phenoxy) is 2. The zero-order valence-electron chi connectivity index (χ0n) is 18.9. The first kappa shape index (κ1) is 24.4. The summed E-state index contributed by atoms with van der Waals surface area (Å²) < 4.78 is 11.2. The first-order valence-corrected chi connectivity index (χ1v) is 13.4. The second-order valence-electron chi connectivity index (χ2n) is 8.86. The van der Waals surface area contributed by atoms with E-state index in [0.29, 0.717) is 5.56 Å². The molecular weight excluding hydrogens is 364 g/mol. The fourth-order valence-corrected chi connectivity index (χ4v) is 4.26. The number of rotatable bonds is 11. The topological polar surface area (TPSA) is 35.5 Å². The lowest BCUT2D eigenvalue weighted by Crippen LogP contribution is -2.40. The van der Waals surface area contributed by atoms with Crippen LogP contribution >= 0.6 is 0 Å². The maximum Gasteiger partial charge on any atom is 0.196 e. The van der Waals surface area contributed by atoms with Gasteiger partial charge in [-0.1, -0.05) is 96.1 Å². The molecule has 1 aromatic carbocycles. The molecule has 0 heterocycles. The van der Waals surface area contributed by atoms with E-state index in [-0.39, 0.29) is 17.6 Å². The van der Waals surface area contributed by atoms with Gasteiger partial charge < -0.3 is 9.47 Å². The van der Waals surface area contributed by atoms with E-state index in [1.54, 1.807) is 7.11 Å². The van der Waals surface area contributed by atoms with Crippen LogP contribution in [0.25, 0.3) is 0 Å². The highest BCUT2D eigenvalue weighted by Crippen LogP contribution is 2.41. The van der Waals surface area contributed by atoms with Gasteiger partial charge in [0, 0.05) is 18.2 Å². The first-order valence-electron chi connectivity index (χ1n) is 10.4. The molecule has 0 amide bonds. The largest absolute Gasteiger partial charge is 0.469 e. The monoisotopic (exact) mass is 402 g/mol. The van der Waals surface area contributed by atoms with Crippen LogP contribution in [0.4, 0.5) is 0 Å². The maximum absolute atomic E-state index is 13.2. The molecular formula is C24H38O3Si. The highest BCUT2D eigenvalue weighted by atomic mass is 28.3. The Morgan fingerprint density at radius 2 is 1.71 bits per heavy atom. The van der Waals surface area contributed by atoms with Crippen LogP contribution in [-0.2, 0) is 9.47 Å². The van der Waals surface area contributed by atoms with Crippen LogP contribution in [-0.4, -0.2) is 27.8 Å². The van der Waals surface area contributed by atoms with Crippen molar-refractivity contribution < 1.29 is 14.3 Å². The molecule has 0 atom stereocenters. The molecule has 28 heavy (non-hydrogen) atoms. The summed E-state index contributed by atoms with van der Waals surface area (Å²) in [6.07, 6.45) is 5.20. The lowest BCUT2D eigenvalue weighted by molar-refractivity contribution is 0.0127. The van der Waals surface area contributed by atoms with Gasteiger partial charge in [-0.3, -0.25) is 4.79 Å². The normalized spacial score (nSPS) is 11.7. The molecule has 0 saturated heterocycles. The number of allylic oxidation sites excluding steroid dienone is 1. The SMILES string of the molecule is CCCCCCC(=C=C(OCOC)[Si](C)(C)C(C)(C)C)C(=O)c1ccccc1. The zero-order chi connectivity index (χ0) is 21.2. The van der Waals surface area contributed by atoms with E-state index in [4.69, 9.17) is 9.47 Å². The van der Waals surface area contributed by atoms with Gasteiger partial charge in [-0.2, -0.15) is 0 Å². The minimum atomic E-state index is -2.01. The van der Waals surface area contributed by atoms with E-state index in [2.05, 4.69) is 46.5 Å². The Morgan fingerprint density at radius 1 is 1.07 bits per heavy atom. The standard InChI is InChI=1S/C24H38O3Si/c1-8-9-10-12-17-21(23(25)20-15-13-11-14-16-20)18-22(27-19-26-5)28(6,7)24(2,3)4/h11,13-16H,8-10,12,17,19H2,1-7H3. The summed E-state index contributed by atoms with van der Waals surface area (Å²) in [4.78, 5) is 13.2. The van der Waals surface area contributed by atoms with Crippen LogP contribution in [0.1, 0.15) is 70.2 Å². The molecule has 0 aliphatic heterocycles. The average molecular weight is 403 g/mol. The number of hydrogen-bond acceptors (Lipinski definition) is 3. The van der Waals surface area contributed by atoms with Crippen molar-refractivity contribution in [1.29, 1.82) is 0 Å². The van der Waals surface area contributed by atoms with E-state index in [9.17, 15) is 4.79 Å². The summed E-state index contributed by atoms with van der Waals surface area (Å²) in [6.45, 7) is 13.6. The Hall–Kier alpha value is -1.61. The third kappa shape index (κ3) is 7.09. The molecule has 0 unspecified atom stereocenters. The van der Waals surface area contributed by atoms with Crippen molar-refractivity contribution in [3.8, 4) is 0 Å². The molecule has 0 N–H and O–H groups in total. The van der Waals surface area contributed by atoms with Gasteiger partial charge in [-0.25, -0.2) is 0 Å². The Labute approximate surface area is 172 Å². The number of ketones is 1. The summed E-state index contributed by atoms with van der Waals surface area (Å²) in [5, 5.41) is 0.892. The second kappa shape index (κ2) is 11.4. The quantitative estimate of drug-likeness (QED) is 0.0766. The van der Waals surface area contributed by atoms with Crippen molar-refractivity contribution in [1.82, 2.24) is 0 Å². The van der Waals surface area contributed by atoms with Gasteiger partial charge in [0.15, 0.2) is 12.6 Å². The summed E-state index contributed by atoms with van der Waals surface area (Å²) in [5.41, 5.74) is 4.88. The molecule has 156 valence electrons. The lowest BCUT2D eigenvalue weighted by atomic mass is 9.99. The number of methoxy groups -OCH3 is 1. The molecule has 0 aliphatic carbocycles. The highest BCUT2D eigenvalue weighted by Gasteiger charge is 2.41. The van der Waals surface area contributed by atoms with Crippen molar-refractivity contribution in [2.24, 2.45) is 0 Å². The van der Waals surface area contributed by atoms with Crippen molar-refractivity contribution in [3.63, 3.8) is 0 Å². The number of carbonyl (C=O) groups excluding carboxylic acids is 1. The lowest BCUT2D eigenvalue weighted by Gasteiger charge is -2.36. The van der Waals surface area contributed by atoms with Crippen LogP contribution in [0.3, 0.4) is 0 Å². The fraction of sp³-hybridized carbons (Fsp3) is 0.583. The zero-order valence-corrected chi connectivity index (χ0v) is 19.9. The minimum absolute atomic E-state index is 0.0503. The van der Waals surface area contributed by atoms with Gasteiger partial charge >= 0.3 is 0 Å². The summed E-state index contributed by atoms with van der Waals surface area (Å²) in [5.74, 6) is 0.0503. The molecule has 1 aromatic rings. The van der Waals surface area contributed by atoms with E-state index in [1.165, 1.54) is 12.8 Å². The van der Waals surface area contributed by atoms with Gasteiger partial charge in [0.2, 0.25) is 0 Å². The molecule has 0 aromatic heterocycles. The van der Waals surface area contributed by atoms with Crippen molar-refractivity contribution >= 4 is 13.9 Å². The number of carbonyl (C=O) groups is 1. The van der Waals surface area contributed by atoms with Gasteiger partial charge in [0.1, 0.15) is 13.5 Å². The molecule has 1 rings (SSSR count). The van der Waals surface area contributed by atoms with Crippen LogP contribution in [0.15, 0.2) is 47.0 Å². The molecule has 0 bridgehead atoms. The highest BCUT2D eigenvalue weighted by molar-refractivity contribution is 6.86. The van der Waals surface area contributed by atoms with Crippen molar-refractivity contribution in [3.05, 3.63) is 52.6 Å². The number of unbranched alkanes of at least 4 members (excludes halogenated alkanes) is 3. The fourth-order valence-electron chi connectivity index (χ4n) is 2.69. The van der Waals surface area contributed by atoms with Crippen molar-refractivity contribution in [2.75, 3.05) is 13.9 Å². The van der Waals surface area contributed by atoms with Gasteiger partial charge in [-0.15, -0.1) is 0 Å². The predicted octanol–water partition coefficient (Wildman–Crippen LogP) is 6.92. The maximum atomic E-state index is 13.2. The average Bonchev–Trinajstić information content (AvgIpc) is 2.65. The molecule has 0 radical (unpaired) electrons. The molecule has 4 heteroatoms. The van der Waals surface area contributed by atoms with E-state index < -0.39 is 8.07 Å². The van der Waals surface area contributed by atoms with Crippen LogP contribution in [0.5, 0.6) is 0 Å². The van der Waals surface area contributed by atoms with Gasteiger partial charge in [-0.05, 0) is 17.9 Å². The van der Waals surface area contributed by atoms with E-state index in [1.807, 2.05) is 30.3 Å². The molecule has 0 saturated carbocycles. The Balaban J connectivity index is 3.44. The summed E-state index contributed by atoms with van der Waals surface area (Å²) in [6, 6.07) is 9.49. The first-order chi connectivity index (χ1) is 13.1. The van der Waals surface area contributed by atoms with Crippen LogP contribution < -0.4 is 0 Å². The Kier molecular flexibility index (Phi) is 9.95. The minimum Gasteiger partial charge on any atom is -0.469 e. The molecule has 3 nitrogen and oxygen atoms in total. The smallest absolute Gasteiger partial charge is 0.196 e. The number of hydrogen-bond donors (Lipinski definition) is 0. The second-order valence-corrected chi connectivity index (χ2v) is 14.1.